The Kier molecular flexibility index (Phi) is 9.94. The molecule has 9 heteroatoms. The van der Waals surface area contributed by atoms with Gasteiger partial charge in [0.25, 0.3) is 0 Å². The second-order valence-corrected chi connectivity index (χ2v) is 7.27. The van der Waals surface area contributed by atoms with Crippen molar-refractivity contribution in [1.82, 2.24) is 10.6 Å². The lowest BCUT2D eigenvalue weighted by Gasteiger charge is -2.25. The molecule has 0 aliphatic rings. The van der Waals surface area contributed by atoms with Crippen LogP contribution in [0.3, 0.4) is 0 Å². The molecule has 2 amide bonds. The van der Waals surface area contributed by atoms with Crippen molar-refractivity contribution in [1.29, 1.82) is 0 Å². The summed E-state index contributed by atoms with van der Waals surface area (Å²) in [4.78, 5) is 35.6. The Labute approximate surface area is 170 Å². The Morgan fingerprint density at radius 3 is 2.31 bits per heavy atom. The maximum atomic E-state index is 12.1. The lowest BCUT2D eigenvalue weighted by molar-refractivity contribution is -0.145. The average molecular weight is 410 g/mol. The first-order chi connectivity index (χ1) is 13.6. The molecule has 0 spiro atoms. The van der Waals surface area contributed by atoms with Crippen LogP contribution in [0.2, 0.25) is 0 Å². The number of esters is 1. The molecule has 9 nitrogen and oxygen atoms in total. The van der Waals surface area contributed by atoms with Crippen molar-refractivity contribution >= 4 is 18.2 Å². The third kappa shape index (κ3) is 10.9. The molecule has 3 N–H and O–H groups in total. The zero-order valence-corrected chi connectivity index (χ0v) is 17.3. The minimum atomic E-state index is -1.30. The number of aliphatic hydroxyl groups excluding tert-OH is 1. The standard InChI is InChI=1S/C20H30N2O7/c1-5-27-17(24)11-16(23)15(12-21-18(25)29-20(2,3)4)22-19(26)28-13-14-9-7-6-8-10-14/h6-10,15-16,23H,5,11-13H2,1-4H3,(H,21,25)(H,22,26)/t15-,16-/m0/s1. The van der Waals surface area contributed by atoms with E-state index in [1.54, 1.807) is 39.8 Å². The SMILES string of the molecule is CCOC(=O)C[C@H](O)[C@H](CNC(=O)OC(C)(C)C)NC(=O)OCc1ccccc1. The van der Waals surface area contributed by atoms with Crippen LogP contribution in [0.15, 0.2) is 30.3 Å². The van der Waals surface area contributed by atoms with E-state index >= 15 is 0 Å². The Balaban J connectivity index is 2.65. The molecule has 0 fully saturated rings. The fraction of sp³-hybridized carbons (Fsp3) is 0.550. The number of aliphatic hydroxyl groups is 1. The van der Waals surface area contributed by atoms with Crippen LogP contribution in [0.5, 0.6) is 0 Å². The number of alkyl carbamates (subject to hydrolysis) is 2. The first kappa shape index (κ1) is 24.2. The van der Waals surface area contributed by atoms with Gasteiger partial charge in [0, 0.05) is 6.54 Å². The Bertz CT molecular complexity index is 659. The van der Waals surface area contributed by atoms with Gasteiger partial charge in [0.2, 0.25) is 0 Å². The minimum absolute atomic E-state index is 0.0346. The van der Waals surface area contributed by atoms with Gasteiger partial charge in [-0.1, -0.05) is 30.3 Å². The van der Waals surface area contributed by atoms with Gasteiger partial charge in [0.1, 0.15) is 12.2 Å². The fourth-order valence-electron chi connectivity index (χ4n) is 2.24. The molecule has 2 atom stereocenters. The number of hydrogen-bond acceptors (Lipinski definition) is 7. The zero-order valence-electron chi connectivity index (χ0n) is 17.3. The van der Waals surface area contributed by atoms with E-state index in [0.29, 0.717) is 0 Å². The number of amides is 2. The molecular formula is C20H30N2O7. The van der Waals surface area contributed by atoms with Gasteiger partial charge in [-0.25, -0.2) is 9.59 Å². The first-order valence-corrected chi connectivity index (χ1v) is 9.38. The molecule has 0 aliphatic heterocycles. The van der Waals surface area contributed by atoms with Gasteiger partial charge in [0.15, 0.2) is 0 Å². The molecule has 0 heterocycles. The van der Waals surface area contributed by atoms with Gasteiger partial charge >= 0.3 is 18.2 Å². The molecule has 1 rings (SSSR count). The Hall–Kier alpha value is -2.81. The topological polar surface area (TPSA) is 123 Å². The second kappa shape index (κ2) is 11.9. The van der Waals surface area contributed by atoms with Crippen molar-refractivity contribution in [2.24, 2.45) is 0 Å². The number of ether oxygens (including phenoxy) is 3. The summed E-state index contributed by atoms with van der Waals surface area (Å²) < 4.78 is 15.1. The molecule has 0 unspecified atom stereocenters. The van der Waals surface area contributed by atoms with Crippen molar-refractivity contribution in [3.8, 4) is 0 Å². The quantitative estimate of drug-likeness (QED) is 0.421. The van der Waals surface area contributed by atoms with E-state index in [-0.39, 0.29) is 26.2 Å². The number of nitrogens with one attached hydrogen (secondary N) is 2. The third-order valence-corrected chi connectivity index (χ3v) is 3.53. The summed E-state index contributed by atoms with van der Waals surface area (Å²) in [6.07, 6.45) is -3.17. The molecule has 0 aromatic heterocycles. The van der Waals surface area contributed by atoms with Gasteiger partial charge in [-0.2, -0.15) is 0 Å². The van der Waals surface area contributed by atoms with E-state index in [1.165, 1.54) is 0 Å². The van der Waals surface area contributed by atoms with Crippen LogP contribution < -0.4 is 10.6 Å². The van der Waals surface area contributed by atoms with Crippen LogP contribution in [-0.2, 0) is 25.6 Å². The third-order valence-electron chi connectivity index (χ3n) is 3.53. The largest absolute Gasteiger partial charge is 0.466 e. The number of carbonyl (C=O) groups excluding carboxylic acids is 3. The van der Waals surface area contributed by atoms with Crippen LogP contribution in [0.1, 0.15) is 39.7 Å². The summed E-state index contributed by atoms with van der Waals surface area (Å²) in [6, 6.07) is 8.07. The minimum Gasteiger partial charge on any atom is -0.466 e. The molecule has 0 radical (unpaired) electrons. The summed E-state index contributed by atoms with van der Waals surface area (Å²) in [5.41, 5.74) is 0.0868. The Morgan fingerprint density at radius 1 is 1.07 bits per heavy atom. The lowest BCUT2D eigenvalue weighted by Crippen LogP contribution is -2.51. The van der Waals surface area contributed by atoms with Crippen molar-refractivity contribution in [2.45, 2.75) is 58.5 Å². The highest BCUT2D eigenvalue weighted by Crippen LogP contribution is 2.07. The maximum Gasteiger partial charge on any atom is 0.407 e. The lowest BCUT2D eigenvalue weighted by atomic mass is 10.1. The molecule has 0 saturated heterocycles. The normalized spacial score (nSPS) is 13.0. The molecule has 1 aromatic rings. The maximum absolute atomic E-state index is 12.1. The van der Waals surface area contributed by atoms with Crippen molar-refractivity contribution in [3.05, 3.63) is 35.9 Å². The summed E-state index contributed by atoms with van der Waals surface area (Å²) in [5, 5.41) is 15.2. The number of hydrogen-bond donors (Lipinski definition) is 3. The van der Waals surface area contributed by atoms with E-state index in [0.717, 1.165) is 5.56 Å². The predicted octanol–water partition coefficient (Wildman–Crippen LogP) is 2.12. The van der Waals surface area contributed by atoms with E-state index in [4.69, 9.17) is 14.2 Å². The molecule has 29 heavy (non-hydrogen) atoms. The Morgan fingerprint density at radius 2 is 1.72 bits per heavy atom. The van der Waals surface area contributed by atoms with Gasteiger partial charge in [0.05, 0.1) is 25.2 Å². The van der Waals surface area contributed by atoms with Crippen molar-refractivity contribution in [3.63, 3.8) is 0 Å². The summed E-state index contributed by atoms with van der Waals surface area (Å²) in [7, 11) is 0. The van der Waals surface area contributed by atoms with E-state index in [9.17, 15) is 19.5 Å². The summed E-state index contributed by atoms with van der Waals surface area (Å²) >= 11 is 0. The molecule has 0 bridgehead atoms. The van der Waals surface area contributed by atoms with Crippen LogP contribution in [0.25, 0.3) is 0 Å². The van der Waals surface area contributed by atoms with Gasteiger partial charge in [-0.15, -0.1) is 0 Å². The smallest absolute Gasteiger partial charge is 0.407 e. The molecule has 0 saturated carbocycles. The zero-order chi connectivity index (χ0) is 21.9. The molecular weight excluding hydrogens is 380 g/mol. The molecule has 0 aliphatic carbocycles. The van der Waals surface area contributed by atoms with Crippen molar-refractivity contribution < 1.29 is 33.7 Å². The van der Waals surface area contributed by atoms with Gasteiger partial charge < -0.3 is 30.0 Å². The van der Waals surface area contributed by atoms with Crippen LogP contribution in [-0.4, -0.2) is 54.2 Å². The summed E-state index contributed by atoms with van der Waals surface area (Å²) in [5.74, 6) is -0.623. The van der Waals surface area contributed by atoms with Crippen LogP contribution >= 0.6 is 0 Å². The van der Waals surface area contributed by atoms with E-state index < -0.39 is 35.9 Å². The van der Waals surface area contributed by atoms with E-state index in [1.807, 2.05) is 18.2 Å². The number of carbonyl (C=O) groups is 3. The van der Waals surface area contributed by atoms with Gasteiger partial charge in [-0.05, 0) is 33.3 Å². The molecule has 1 aromatic carbocycles. The summed E-state index contributed by atoms with van der Waals surface area (Å²) in [6.45, 7) is 6.79. The number of rotatable bonds is 9. The van der Waals surface area contributed by atoms with Crippen molar-refractivity contribution in [2.75, 3.05) is 13.2 Å². The number of benzene rings is 1. The fourth-order valence-corrected chi connectivity index (χ4v) is 2.24. The predicted molar refractivity (Wildman–Crippen MR) is 105 cm³/mol. The van der Waals surface area contributed by atoms with Crippen LogP contribution in [0, 0.1) is 0 Å². The first-order valence-electron chi connectivity index (χ1n) is 9.38. The highest BCUT2D eigenvalue weighted by atomic mass is 16.6. The van der Waals surface area contributed by atoms with Gasteiger partial charge in [-0.3, -0.25) is 4.79 Å². The highest BCUT2D eigenvalue weighted by Gasteiger charge is 2.26. The molecule has 162 valence electrons. The monoisotopic (exact) mass is 410 g/mol. The highest BCUT2D eigenvalue weighted by molar-refractivity contribution is 5.71. The van der Waals surface area contributed by atoms with Crippen LogP contribution in [0.4, 0.5) is 9.59 Å². The van der Waals surface area contributed by atoms with E-state index in [2.05, 4.69) is 10.6 Å². The second-order valence-electron chi connectivity index (χ2n) is 7.27. The average Bonchev–Trinajstić information content (AvgIpc) is 2.63.